The molecule has 3 N–H and O–H groups in total. The van der Waals surface area contributed by atoms with E-state index in [4.69, 9.17) is 10.2 Å². The first-order chi connectivity index (χ1) is 6.02. The van der Waals surface area contributed by atoms with Gasteiger partial charge in [-0.05, 0) is 12.3 Å². The van der Waals surface area contributed by atoms with Crippen molar-refractivity contribution in [3.63, 3.8) is 0 Å². The monoisotopic (exact) mass is 189 g/mol. The molecule has 0 aromatic carbocycles. The van der Waals surface area contributed by atoms with Gasteiger partial charge < -0.3 is 10.2 Å². The quantitative estimate of drug-likeness (QED) is 0.567. The van der Waals surface area contributed by atoms with Crippen molar-refractivity contribution in [1.82, 2.24) is 5.32 Å². The van der Waals surface area contributed by atoms with Crippen LogP contribution in [0.5, 0.6) is 0 Å². The number of aliphatic hydroxyl groups is 1. The fraction of sp³-hybridized carbons (Fsp3) is 0.889. The van der Waals surface area contributed by atoms with Gasteiger partial charge in [-0.15, -0.1) is 0 Å². The van der Waals surface area contributed by atoms with Gasteiger partial charge in [-0.3, -0.25) is 10.1 Å². The minimum Gasteiger partial charge on any atom is -0.480 e. The van der Waals surface area contributed by atoms with Gasteiger partial charge in [-0.1, -0.05) is 20.8 Å². The molecule has 4 heteroatoms. The smallest absolute Gasteiger partial charge is 0.320 e. The predicted molar refractivity (Wildman–Crippen MR) is 50.6 cm³/mol. The molecular weight excluding hydrogens is 170 g/mol. The lowest BCUT2D eigenvalue weighted by Crippen LogP contribution is -2.47. The zero-order chi connectivity index (χ0) is 10.4. The SMILES string of the molecule is CCC(CO)NC(C(=O)O)C(C)C. The van der Waals surface area contributed by atoms with Gasteiger partial charge in [-0.25, -0.2) is 0 Å². The van der Waals surface area contributed by atoms with Crippen molar-refractivity contribution in [2.75, 3.05) is 6.61 Å². The highest BCUT2D eigenvalue weighted by Gasteiger charge is 2.23. The predicted octanol–water partition coefficient (Wildman–Crippen LogP) is 0.456. The first kappa shape index (κ1) is 12.4. The lowest BCUT2D eigenvalue weighted by molar-refractivity contribution is -0.141. The molecule has 0 bridgehead atoms. The molecule has 0 saturated carbocycles. The third-order valence-electron chi connectivity index (χ3n) is 2.06. The Balaban J connectivity index is 4.16. The molecule has 0 aliphatic heterocycles. The number of carboxylic acid groups (broad SMARTS) is 1. The number of nitrogens with one attached hydrogen (secondary N) is 1. The summed E-state index contributed by atoms with van der Waals surface area (Å²) in [6.45, 7) is 5.58. The first-order valence-electron chi connectivity index (χ1n) is 4.62. The van der Waals surface area contributed by atoms with Gasteiger partial charge in [0, 0.05) is 6.04 Å². The van der Waals surface area contributed by atoms with Crippen LogP contribution in [0.3, 0.4) is 0 Å². The minimum atomic E-state index is -0.859. The summed E-state index contributed by atoms with van der Waals surface area (Å²) in [6.07, 6.45) is 0.729. The average molecular weight is 189 g/mol. The van der Waals surface area contributed by atoms with E-state index < -0.39 is 12.0 Å². The van der Waals surface area contributed by atoms with E-state index in [1.807, 2.05) is 20.8 Å². The second-order valence-corrected chi connectivity index (χ2v) is 3.51. The van der Waals surface area contributed by atoms with Crippen LogP contribution in [0.2, 0.25) is 0 Å². The Morgan fingerprint density at radius 3 is 2.23 bits per heavy atom. The van der Waals surface area contributed by atoms with Crippen molar-refractivity contribution in [2.24, 2.45) is 5.92 Å². The van der Waals surface area contributed by atoms with Crippen molar-refractivity contribution in [3.05, 3.63) is 0 Å². The topological polar surface area (TPSA) is 69.6 Å². The maximum atomic E-state index is 10.8. The standard InChI is InChI=1S/C9H19NO3/c1-4-7(5-11)10-8(6(2)3)9(12)13/h6-8,10-11H,4-5H2,1-3H3,(H,12,13). The van der Waals surface area contributed by atoms with E-state index in [2.05, 4.69) is 5.32 Å². The Hall–Kier alpha value is -0.610. The summed E-state index contributed by atoms with van der Waals surface area (Å²) in [5, 5.41) is 20.6. The Morgan fingerprint density at radius 2 is 2.00 bits per heavy atom. The van der Waals surface area contributed by atoms with Gasteiger partial charge >= 0.3 is 5.97 Å². The normalized spacial score (nSPS) is 15.8. The van der Waals surface area contributed by atoms with Crippen molar-refractivity contribution in [2.45, 2.75) is 39.3 Å². The molecule has 0 aliphatic carbocycles. The fourth-order valence-electron chi connectivity index (χ4n) is 1.10. The molecule has 0 aliphatic rings. The number of aliphatic hydroxyl groups excluding tert-OH is 1. The van der Waals surface area contributed by atoms with Gasteiger partial charge in [0.2, 0.25) is 0 Å². The van der Waals surface area contributed by atoms with Gasteiger partial charge in [0.1, 0.15) is 6.04 Å². The molecule has 2 unspecified atom stereocenters. The molecule has 78 valence electrons. The Kier molecular flexibility index (Phi) is 5.66. The number of aliphatic carboxylic acids is 1. The molecule has 0 amide bonds. The van der Waals surface area contributed by atoms with Crippen LogP contribution in [0.4, 0.5) is 0 Å². The summed E-state index contributed by atoms with van der Waals surface area (Å²) in [7, 11) is 0. The highest BCUT2D eigenvalue weighted by atomic mass is 16.4. The van der Waals surface area contributed by atoms with Crippen molar-refractivity contribution in [3.8, 4) is 0 Å². The van der Waals surface area contributed by atoms with Crippen LogP contribution < -0.4 is 5.32 Å². The zero-order valence-electron chi connectivity index (χ0n) is 8.45. The highest BCUT2D eigenvalue weighted by Crippen LogP contribution is 2.04. The number of carbonyl (C=O) groups is 1. The van der Waals surface area contributed by atoms with Crippen LogP contribution in [0.1, 0.15) is 27.2 Å². The highest BCUT2D eigenvalue weighted by molar-refractivity contribution is 5.73. The molecule has 0 fully saturated rings. The maximum Gasteiger partial charge on any atom is 0.320 e. The Morgan fingerprint density at radius 1 is 1.46 bits per heavy atom. The summed E-state index contributed by atoms with van der Waals surface area (Å²) >= 11 is 0. The van der Waals surface area contributed by atoms with Crippen LogP contribution in [0, 0.1) is 5.92 Å². The van der Waals surface area contributed by atoms with E-state index in [0.717, 1.165) is 6.42 Å². The molecular formula is C9H19NO3. The lowest BCUT2D eigenvalue weighted by Gasteiger charge is -2.23. The Bertz CT molecular complexity index is 155. The van der Waals surface area contributed by atoms with E-state index in [1.54, 1.807) is 0 Å². The fourth-order valence-corrected chi connectivity index (χ4v) is 1.10. The van der Waals surface area contributed by atoms with Gasteiger partial charge in [-0.2, -0.15) is 0 Å². The Labute approximate surface area is 79.0 Å². The van der Waals surface area contributed by atoms with Crippen molar-refractivity contribution in [1.29, 1.82) is 0 Å². The summed E-state index contributed by atoms with van der Waals surface area (Å²) in [6, 6.07) is -0.694. The van der Waals surface area contributed by atoms with E-state index in [0.29, 0.717) is 0 Å². The molecule has 0 saturated heterocycles. The number of carboxylic acids is 1. The molecule has 0 heterocycles. The summed E-state index contributed by atoms with van der Waals surface area (Å²) in [4.78, 5) is 10.8. The molecule has 4 nitrogen and oxygen atoms in total. The van der Waals surface area contributed by atoms with E-state index in [9.17, 15) is 4.79 Å². The van der Waals surface area contributed by atoms with Crippen LogP contribution in [-0.4, -0.2) is 34.9 Å². The molecule has 0 rings (SSSR count). The van der Waals surface area contributed by atoms with Crippen LogP contribution in [0.15, 0.2) is 0 Å². The summed E-state index contributed by atoms with van der Waals surface area (Å²) < 4.78 is 0. The van der Waals surface area contributed by atoms with Crippen molar-refractivity contribution < 1.29 is 15.0 Å². The second kappa shape index (κ2) is 5.94. The molecule has 0 radical (unpaired) electrons. The van der Waals surface area contributed by atoms with E-state index in [-0.39, 0.29) is 18.6 Å². The van der Waals surface area contributed by atoms with Crippen LogP contribution >= 0.6 is 0 Å². The number of hydrogen-bond donors (Lipinski definition) is 3. The van der Waals surface area contributed by atoms with Crippen LogP contribution in [0.25, 0.3) is 0 Å². The summed E-state index contributed by atoms with van der Waals surface area (Å²) in [5.74, 6) is -0.833. The maximum absolute atomic E-state index is 10.8. The number of rotatable bonds is 6. The largest absolute Gasteiger partial charge is 0.480 e. The van der Waals surface area contributed by atoms with E-state index >= 15 is 0 Å². The molecule has 0 aromatic rings. The zero-order valence-corrected chi connectivity index (χ0v) is 8.45. The average Bonchev–Trinajstić information content (AvgIpc) is 2.05. The van der Waals surface area contributed by atoms with E-state index in [1.165, 1.54) is 0 Å². The van der Waals surface area contributed by atoms with Gasteiger partial charge in [0.25, 0.3) is 0 Å². The van der Waals surface area contributed by atoms with Gasteiger partial charge in [0.05, 0.1) is 6.61 Å². The van der Waals surface area contributed by atoms with Gasteiger partial charge in [0.15, 0.2) is 0 Å². The van der Waals surface area contributed by atoms with Crippen LogP contribution in [-0.2, 0) is 4.79 Å². The summed E-state index contributed by atoms with van der Waals surface area (Å²) in [5.41, 5.74) is 0. The molecule has 0 spiro atoms. The molecule has 0 aromatic heterocycles. The van der Waals surface area contributed by atoms with Crippen molar-refractivity contribution >= 4 is 5.97 Å². The first-order valence-corrected chi connectivity index (χ1v) is 4.62. The molecule has 13 heavy (non-hydrogen) atoms. The number of hydrogen-bond acceptors (Lipinski definition) is 3. The lowest BCUT2D eigenvalue weighted by atomic mass is 10.0. The third-order valence-corrected chi connectivity index (χ3v) is 2.06. The second-order valence-electron chi connectivity index (χ2n) is 3.51. The third kappa shape index (κ3) is 4.24. The molecule has 2 atom stereocenters. The minimum absolute atomic E-state index is 0.0208.